The third-order valence-corrected chi connectivity index (χ3v) is 4.54. The first-order chi connectivity index (χ1) is 12.9. The van der Waals surface area contributed by atoms with Gasteiger partial charge in [-0.15, -0.1) is 0 Å². The van der Waals surface area contributed by atoms with Gasteiger partial charge in [-0.25, -0.2) is 9.98 Å². The zero-order chi connectivity index (χ0) is 17.3. The summed E-state index contributed by atoms with van der Waals surface area (Å²) in [6, 6.07) is 24.0. The Morgan fingerprint density at radius 3 is 1.42 bits per heavy atom. The van der Waals surface area contributed by atoms with Gasteiger partial charge in [-0.1, -0.05) is 48.5 Å². The fourth-order valence-corrected chi connectivity index (χ4v) is 3.13. The average Bonchev–Trinajstić information content (AvgIpc) is 2.73. The van der Waals surface area contributed by atoms with Crippen LogP contribution in [-0.2, 0) is 9.47 Å². The number of para-hydroxylation sites is 2. The Morgan fingerprint density at radius 2 is 0.962 bits per heavy atom. The molecule has 2 unspecified atom stereocenters. The largest absolute Gasteiger partial charge is 0.471 e. The van der Waals surface area contributed by atoms with E-state index >= 15 is 0 Å². The molecule has 2 heterocycles. The van der Waals surface area contributed by atoms with Crippen LogP contribution >= 0.6 is 0 Å². The Hall–Kier alpha value is -3.40. The van der Waals surface area contributed by atoms with E-state index < -0.39 is 0 Å². The summed E-state index contributed by atoms with van der Waals surface area (Å²) in [6.45, 7) is 0. The van der Waals surface area contributed by atoms with Crippen LogP contribution in [0.1, 0.15) is 23.6 Å². The summed E-state index contributed by atoms with van der Waals surface area (Å²) in [5.74, 6) is 0. The molecule has 2 atom stereocenters. The minimum atomic E-state index is -0.324. The van der Waals surface area contributed by atoms with Gasteiger partial charge in [0.15, 0.2) is 0 Å². The number of hydrogen-bond donors (Lipinski definition) is 0. The number of fused-ring (bicyclic) bond motifs is 2. The van der Waals surface area contributed by atoms with Crippen molar-refractivity contribution < 1.29 is 9.47 Å². The van der Waals surface area contributed by atoms with Crippen LogP contribution in [0, 0.1) is 0 Å². The summed E-state index contributed by atoms with van der Waals surface area (Å²) < 4.78 is 11.5. The van der Waals surface area contributed by atoms with Crippen molar-refractivity contribution in [3.8, 4) is 0 Å². The lowest BCUT2D eigenvalue weighted by Crippen LogP contribution is -2.29. The van der Waals surface area contributed by atoms with E-state index in [2.05, 4.69) is 9.98 Å². The molecule has 26 heavy (non-hydrogen) atoms. The maximum absolute atomic E-state index is 5.77. The van der Waals surface area contributed by atoms with Crippen LogP contribution in [0.3, 0.4) is 0 Å². The van der Waals surface area contributed by atoms with Gasteiger partial charge in [-0.3, -0.25) is 0 Å². The standard InChI is InChI=1S/C22H16N2O2/c1-3-7-19-17(5-1)13-25-21(23-19)15-9-11-16(12-10-15)22-24-20-8-4-2-6-18(20)14-26-22/h1-14,21-22H. The fourth-order valence-electron chi connectivity index (χ4n) is 3.13. The topological polar surface area (TPSA) is 43.2 Å². The van der Waals surface area contributed by atoms with Crippen molar-refractivity contribution >= 4 is 12.5 Å². The normalized spacial score (nSPS) is 19.8. The van der Waals surface area contributed by atoms with E-state index in [1.165, 1.54) is 0 Å². The molecule has 0 fully saturated rings. The molecule has 0 aromatic heterocycles. The minimum absolute atomic E-state index is 0.324. The van der Waals surface area contributed by atoms with Gasteiger partial charge < -0.3 is 9.47 Å². The highest BCUT2D eigenvalue weighted by Crippen LogP contribution is 2.25. The first-order valence-corrected chi connectivity index (χ1v) is 8.54. The number of hydrogen-bond acceptors (Lipinski definition) is 4. The van der Waals surface area contributed by atoms with Gasteiger partial charge in [0.25, 0.3) is 0 Å². The SMILES string of the molecule is C1=c2ccccc2=NC(c2ccc(C3N=c4ccccc4=CO3)cc2)O1. The third-order valence-electron chi connectivity index (χ3n) is 4.54. The highest BCUT2D eigenvalue weighted by Gasteiger charge is 2.16. The number of rotatable bonds is 2. The van der Waals surface area contributed by atoms with E-state index in [9.17, 15) is 0 Å². The average molecular weight is 340 g/mol. The molecule has 0 saturated heterocycles. The quantitative estimate of drug-likeness (QED) is 0.715. The Kier molecular flexibility index (Phi) is 3.53. The molecule has 4 nitrogen and oxygen atoms in total. The highest BCUT2D eigenvalue weighted by atomic mass is 16.5. The van der Waals surface area contributed by atoms with Gasteiger partial charge in [0, 0.05) is 21.6 Å². The number of benzene rings is 3. The zero-order valence-electron chi connectivity index (χ0n) is 13.9. The Bertz CT molecular complexity index is 1100. The molecule has 0 radical (unpaired) electrons. The molecule has 126 valence electrons. The molecule has 3 aromatic rings. The molecule has 0 aliphatic carbocycles. The van der Waals surface area contributed by atoms with Crippen LogP contribution < -0.4 is 21.2 Å². The van der Waals surface area contributed by atoms with Crippen molar-refractivity contribution in [3.05, 3.63) is 105 Å². The second-order valence-corrected chi connectivity index (χ2v) is 6.26. The van der Waals surface area contributed by atoms with E-state index in [-0.39, 0.29) is 12.5 Å². The molecule has 0 saturated carbocycles. The molecular weight excluding hydrogens is 324 g/mol. The van der Waals surface area contributed by atoms with Crippen molar-refractivity contribution in [1.29, 1.82) is 0 Å². The molecule has 0 amide bonds. The predicted molar refractivity (Wildman–Crippen MR) is 97.5 cm³/mol. The van der Waals surface area contributed by atoms with Crippen molar-refractivity contribution in [1.82, 2.24) is 0 Å². The molecule has 5 rings (SSSR count). The van der Waals surface area contributed by atoms with E-state index in [1.807, 2.05) is 72.8 Å². The van der Waals surface area contributed by atoms with Crippen LogP contribution in [0.4, 0.5) is 0 Å². The zero-order valence-corrected chi connectivity index (χ0v) is 13.9. The second kappa shape index (κ2) is 6.15. The van der Waals surface area contributed by atoms with Gasteiger partial charge in [0.1, 0.15) is 0 Å². The molecule has 2 aliphatic rings. The van der Waals surface area contributed by atoms with Gasteiger partial charge in [0.05, 0.1) is 23.2 Å². The van der Waals surface area contributed by atoms with Crippen LogP contribution in [0.25, 0.3) is 12.5 Å². The Labute approximate surface area is 150 Å². The first-order valence-electron chi connectivity index (χ1n) is 8.54. The van der Waals surface area contributed by atoms with Crippen LogP contribution in [0.5, 0.6) is 0 Å². The van der Waals surface area contributed by atoms with Gasteiger partial charge >= 0.3 is 0 Å². The van der Waals surface area contributed by atoms with Crippen LogP contribution in [0.2, 0.25) is 0 Å². The Balaban J connectivity index is 1.44. The number of nitrogens with zero attached hydrogens (tertiary/aromatic N) is 2. The summed E-state index contributed by atoms with van der Waals surface area (Å²) >= 11 is 0. The van der Waals surface area contributed by atoms with Crippen molar-refractivity contribution in [3.63, 3.8) is 0 Å². The Morgan fingerprint density at radius 1 is 0.538 bits per heavy atom. The van der Waals surface area contributed by atoms with E-state index in [4.69, 9.17) is 9.47 Å². The second-order valence-electron chi connectivity index (χ2n) is 6.26. The molecular formula is C22H16N2O2. The van der Waals surface area contributed by atoms with Crippen molar-refractivity contribution in [2.45, 2.75) is 12.5 Å². The molecule has 0 N–H and O–H groups in total. The van der Waals surface area contributed by atoms with Gasteiger partial charge in [0.2, 0.25) is 12.5 Å². The molecule has 0 bridgehead atoms. The van der Waals surface area contributed by atoms with E-state index in [0.29, 0.717) is 0 Å². The summed E-state index contributed by atoms with van der Waals surface area (Å²) in [5, 5.41) is 3.90. The molecule has 4 heteroatoms. The summed E-state index contributed by atoms with van der Waals surface area (Å²) in [4.78, 5) is 9.35. The van der Waals surface area contributed by atoms with Crippen LogP contribution in [0.15, 0.2) is 82.8 Å². The summed E-state index contributed by atoms with van der Waals surface area (Å²) in [6.07, 6.45) is 2.89. The minimum Gasteiger partial charge on any atom is -0.471 e. The lowest BCUT2D eigenvalue weighted by molar-refractivity contribution is 0.178. The highest BCUT2D eigenvalue weighted by molar-refractivity contribution is 5.30. The lowest BCUT2D eigenvalue weighted by atomic mass is 10.1. The van der Waals surface area contributed by atoms with E-state index in [1.54, 1.807) is 12.5 Å². The van der Waals surface area contributed by atoms with Crippen molar-refractivity contribution in [2.24, 2.45) is 9.98 Å². The predicted octanol–water partition coefficient (Wildman–Crippen LogP) is 1.86. The first kappa shape index (κ1) is 14.9. The molecule has 3 aromatic carbocycles. The number of ether oxygens (including phenoxy) is 2. The van der Waals surface area contributed by atoms with Crippen molar-refractivity contribution in [2.75, 3.05) is 0 Å². The van der Waals surface area contributed by atoms with Gasteiger partial charge in [-0.05, 0) is 24.3 Å². The monoisotopic (exact) mass is 340 g/mol. The maximum Gasteiger partial charge on any atom is 0.215 e. The fraction of sp³-hybridized carbons (Fsp3) is 0.0909. The van der Waals surface area contributed by atoms with Crippen LogP contribution in [-0.4, -0.2) is 0 Å². The van der Waals surface area contributed by atoms with E-state index in [0.717, 1.165) is 32.3 Å². The van der Waals surface area contributed by atoms with Gasteiger partial charge in [-0.2, -0.15) is 0 Å². The lowest BCUT2D eigenvalue weighted by Gasteiger charge is -2.18. The third kappa shape index (κ3) is 2.65. The maximum atomic E-state index is 5.77. The summed E-state index contributed by atoms with van der Waals surface area (Å²) in [5.41, 5.74) is 2.00. The molecule has 2 aliphatic heterocycles. The summed E-state index contributed by atoms with van der Waals surface area (Å²) in [7, 11) is 0. The smallest absolute Gasteiger partial charge is 0.215 e. The molecule has 0 spiro atoms.